The molecule has 4 rings (SSSR count). The molecular weight excluding hydrogens is 447 g/mol. The summed E-state index contributed by atoms with van der Waals surface area (Å²) in [5.41, 5.74) is 0. The fourth-order valence-corrected chi connectivity index (χ4v) is 26.3. The molecule has 137 valence electrons. The number of halogens is 1. The van der Waals surface area contributed by atoms with Gasteiger partial charge in [-0.25, -0.2) is 0 Å². The molecule has 0 spiro atoms. The Morgan fingerprint density at radius 3 is 1.37 bits per heavy atom. The van der Waals surface area contributed by atoms with Crippen molar-refractivity contribution >= 4 is 32.7 Å². The summed E-state index contributed by atoms with van der Waals surface area (Å²) in [6.07, 6.45) is 7.73. The zero-order chi connectivity index (χ0) is 17.9. The molecular formula is C23H24ClOSiZr. The van der Waals surface area contributed by atoms with E-state index < -0.39 is 19.2 Å². The normalized spacial score (nSPS) is 14.8. The van der Waals surface area contributed by atoms with Gasteiger partial charge in [-0.2, -0.15) is 0 Å². The van der Waals surface area contributed by atoms with Crippen LogP contribution in [0.25, 0.3) is 0 Å². The van der Waals surface area contributed by atoms with Gasteiger partial charge in [0.15, 0.2) is 0 Å². The topological polar surface area (TPSA) is 9.23 Å². The van der Waals surface area contributed by atoms with Gasteiger partial charge in [-0.3, -0.25) is 0 Å². The minimum absolute atomic E-state index is 0. The van der Waals surface area contributed by atoms with Crippen molar-refractivity contribution in [3.8, 4) is 0 Å². The molecule has 0 bridgehead atoms. The second-order valence-electron chi connectivity index (χ2n) is 6.78. The first-order valence-corrected chi connectivity index (χ1v) is 15.8. The van der Waals surface area contributed by atoms with Gasteiger partial charge in [0.25, 0.3) is 0 Å². The molecule has 3 aromatic rings. The molecule has 0 aliphatic heterocycles. The van der Waals surface area contributed by atoms with Crippen molar-refractivity contribution in [1.82, 2.24) is 0 Å². The Morgan fingerprint density at radius 2 is 1.07 bits per heavy atom. The van der Waals surface area contributed by atoms with E-state index in [0.717, 1.165) is 6.42 Å². The van der Waals surface area contributed by atoms with Crippen LogP contribution in [-0.2, 0) is 21.7 Å². The molecule has 4 heteroatoms. The van der Waals surface area contributed by atoms with Crippen molar-refractivity contribution in [2.24, 2.45) is 0 Å². The molecule has 1 aliphatic carbocycles. The zero-order valence-corrected chi connectivity index (χ0v) is 20.7. The van der Waals surface area contributed by atoms with Gasteiger partial charge in [0.2, 0.25) is 0 Å². The van der Waals surface area contributed by atoms with Gasteiger partial charge in [-0.05, 0) is 0 Å². The van der Waals surface area contributed by atoms with Gasteiger partial charge < -0.3 is 0 Å². The average molecular weight is 471 g/mol. The molecule has 0 fully saturated rings. The van der Waals surface area contributed by atoms with Crippen LogP contribution in [0.15, 0.2) is 113 Å². The zero-order valence-electron chi connectivity index (χ0n) is 15.4. The second kappa shape index (κ2) is 8.24. The Labute approximate surface area is 172 Å². The number of allylic oxidation sites excluding steroid dienone is 4. The van der Waals surface area contributed by atoms with Crippen LogP contribution in [0.1, 0.15) is 6.42 Å². The summed E-state index contributed by atoms with van der Waals surface area (Å²) in [5.74, 6) is 0. The van der Waals surface area contributed by atoms with Gasteiger partial charge in [-0.1, -0.05) is 0 Å². The van der Waals surface area contributed by atoms with Gasteiger partial charge in [-0.15, -0.1) is 12.4 Å². The first-order valence-electron chi connectivity index (χ1n) is 9.06. The molecule has 0 saturated heterocycles. The Balaban J connectivity index is 0.00000210. The van der Waals surface area contributed by atoms with E-state index in [1.54, 1.807) is 0 Å². The van der Waals surface area contributed by atoms with E-state index >= 15 is 0 Å². The van der Waals surface area contributed by atoms with Crippen LogP contribution in [0.3, 0.4) is 0 Å². The second-order valence-corrected chi connectivity index (χ2v) is 21.7. The van der Waals surface area contributed by atoms with Crippen molar-refractivity contribution in [1.29, 1.82) is 0 Å². The maximum atomic E-state index is 7.01. The molecule has 1 aliphatic rings. The van der Waals surface area contributed by atoms with Crippen LogP contribution < -0.4 is 9.81 Å². The molecule has 0 unspecified atom stereocenters. The van der Waals surface area contributed by atoms with Crippen LogP contribution in [0, 0.1) is 0 Å². The first-order chi connectivity index (χ1) is 12.8. The van der Waals surface area contributed by atoms with E-state index in [4.69, 9.17) is 2.50 Å². The van der Waals surface area contributed by atoms with Crippen LogP contribution >= 0.6 is 12.4 Å². The van der Waals surface area contributed by atoms with Crippen LogP contribution in [-0.4, -0.2) is 10.5 Å². The number of rotatable bonds is 5. The Kier molecular flexibility index (Phi) is 6.18. The van der Waals surface area contributed by atoms with E-state index in [9.17, 15) is 0 Å². The quantitative estimate of drug-likeness (QED) is 0.520. The third-order valence-electron chi connectivity index (χ3n) is 5.77. The molecule has 0 N–H and O–H groups in total. The summed E-state index contributed by atoms with van der Waals surface area (Å²) < 4.78 is 12.5. The summed E-state index contributed by atoms with van der Waals surface area (Å²) in [5, 5.41) is 0. The van der Waals surface area contributed by atoms with Gasteiger partial charge in [0, 0.05) is 0 Å². The van der Waals surface area contributed by atoms with Crippen molar-refractivity contribution in [3.63, 3.8) is 0 Å². The van der Waals surface area contributed by atoms with Crippen molar-refractivity contribution < 1.29 is 21.7 Å². The molecule has 0 amide bonds. The molecule has 0 aromatic heterocycles. The van der Waals surface area contributed by atoms with Crippen molar-refractivity contribution in [2.45, 2.75) is 6.42 Å². The third kappa shape index (κ3) is 2.89. The van der Waals surface area contributed by atoms with E-state index in [2.05, 4.69) is 109 Å². The van der Waals surface area contributed by atoms with E-state index in [1.807, 2.05) is 0 Å². The van der Waals surface area contributed by atoms with Gasteiger partial charge in [0.05, 0.1) is 0 Å². The monoisotopic (exact) mass is 469 g/mol. The minimum atomic E-state index is -4.40. The van der Waals surface area contributed by atoms with E-state index in [0.29, 0.717) is 10.5 Å². The summed E-state index contributed by atoms with van der Waals surface area (Å²) in [6.45, 7) is 0. The summed E-state index contributed by atoms with van der Waals surface area (Å²) >= 11 is -4.40. The van der Waals surface area contributed by atoms with Crippen LogP contribution in [0.4, 0.5) is 0 Å². The van der Waals surface area contributed by atoms with Crippen LogP contribution in [0.5, 0.6) is 0 Å². The Morgan fingerprint density at radius 1 is 0.667 bits per heavy atom. The van der Waals surface area contributed by atoms with E-state index in [-0.39, 0.29) is 12.4 Å². The fourth-order valence-electron chi connectivity index (χ4n) is 4.61. The fraction of sp³-hybridized carbons (Fsp3) is 0.0435. The van der Waals surface area contributed by atoms with Crippen molar-refractivity contribution in [3.05, 3.63) is 113 Å². The first kappa shape index (κ1) is 20.2. The molecule has 0 radical (unpaired) electrons. The SMILES string of the molecule is Cl.[SiH3][O][Zr]([C]1=CC=CC1)([c]1ccccc1)([c]1ccccc1)[c]1ccccc1. The summed E-state index contributed by atoms with van der Waals surface area (Å²) in [6, 6.07) is 32.9. The Hall–Kier alpha value is -1.51. The Bertz CT molecular complexity index is 856. The van der Waals surface area contributed by atoms with Gasteiger partial charge in [0.1, 0.15) is 0 Å². The molecule has 1 nitrogen and oxygen atoms in total. The van der Waals surface area contributed by atoms with E-state index in [1.165, 1.54) is 13.1 Å². The molecule has 0 saturated carbocycles. The van der Waals surface area contributed by atoms with Crippen LogP contribution in [0.2, 0.25) is 0 Å². The summed E-state index contributed by atoms with van der Waals surface area (Å²) in [4.78, 5) is 0. The molecule has 3 aromatic carbocycles. The number of hydrogen-bond acceptors (Lipinski definition) is 1. The standard InChI is InChI=1S/3C6H5.C5H5.ClH.H3OSi.Zr/c3*1-2-4-6-5-3-1;1-2-4-5-3-1;;1-2;/h3*1-5H;1-3H,4H2;1H;2H3;/q;;;;;-1;+1. The predicted molar refractivity (Wildman–Crippen MR) is 118 cm³/mol. The molecule has 0 heterocycles. The summed E-state index contributed by atoms with van der Waals surface area (Å²) in [7, 11) is 0.684. The number of benzene rings is 3. The molecule has 27 heavy (non-hydrogen) atoms. The third-order valence-corrected chi connectivity index (χ3v) is 27.1. The predicted octanol–water partition coefficient (Wildman–Crippen LogP) is 3.13. The van der Waals surface area contributed by atoms with Crippen molar-refractivity contribution in [2.75, 3.05) is 0 Å². The number of hydrogen-bond donors (Lipinski definition) is 0. The van der Waals surface area contributed by atoms with Gasteiger partial charge >= 0.3 is 161 Å². The molecule has 0 atom stereocenters. The average Bonchev–Trinajstić information content (AvgIpc) is 3.28. The maximum absolute atomic E-state index is 7.01.